The van der Waals surface area contributed by atoms with Crippen LogP contribution in [0.4, 0.5) is 0 Å². The SMILES string of the molecule is C=CC(CCI)(CC(=O)Sc1ccccc1)C(=O)OCC. The van der Waals surface area contributed by atoms with Gasteiger partial charge in [0.25, 0.3) is 0 Å². The van der Waals surface area contributed by atoms with Crippen LogP contribution < -0.4 is 0 Å². The molecule has 0 N–H and O–H groups in total. The third-order valence-electron chi connectivity index (χ3n) is 3.05. The Kier molecular flexibility index (Phi) is 8.03. The number of carbonyl (C=O) groups excluding carboxylic acids is 2. The monoisotopic (exact) mass is 418 g/mol. The highest BCUT2D eigenvalue weighted by molar-refractivity contribution is 14.1. The van der Waals surface area contributed by atoms with E-state index in [1.165, 1.54) is 0 Å². The molecule has 3 nitrogen and oxygen atoms in total. The average molecular weight is 418 g/mol. The van der Waals surface area contributed by atoms with Crippen LogP contribution >= 0.6 is 34.4 Å². The maximum Gasteiger partial charge on any atom is 0.316 e. The largest absolute Gasteiger partial charge is 0.465 e. The fraction of sp³-hybridized carbons (Fsp3) is 0.375. The van der Waals surface area contributed by atoms with E-state index in [0.29, 0.717) is 13.0 Å². The lowest BCUT2D eigenvalue weighted by Gasteiger charge is -2.26. The van der Waals surface area contributed by atoms with Crippen molar-refractivity contribution in [1.82, 2.24) is 0 Å². The molecule has 1 rings (SSSR count). The van der Waals surface area contributed by atoms with Crippen LogP contribution in [0.2, 0.25) is 0 Å². The van der Waals surface area contributed by atoms with Gasteiger partial charge in [-0.3, -0.25) is 9.59 Å². The molecule has 0 amide bonds. The second-order valence-electron chi connectivity index (χ2n) is 4.48. The molecule has 21 heavy (non-hydrogen) atoms. The molecular weight excluding hydrogens is 399 g/mol. The molecule has 5 heteroatoms. The van der Waals surface area contributed by atoms with Crippen LogP contribution in [0.15, 0.2) is 47.9 Å². The van der Waals surface area contributed by atoms with Gasteiger partial charge < -0.3 is 4.74 Å². The Bertz CT molecular complexity index is 490. The first-order valence-corrected chi connectivity index (χ1v) is 9.04. The van der Waals surface area contributed by atoms with Crippen LogP contribution in [0.1, 0.15) is 19.8 Å². The lowest BCUT2D eigenvalue weighted by molar-refractivity contribution is -0.153. The first kappa shape index (κ1) is 18.2. The van der Waals surface area contributed by atoms with Gasteiger partial charge >= 0.3 is 5.97 Å². The fourth-order valence-electron chi connectivity index (χ4n) is 1.88. The number of hydrogen-bond acceptors (Lipinski definition) is 4. The summed E-state index contributed by atoms with van der Waals surface area (Å²) in [4.78, 5) is 25.4. The van der Waals surface area contributed by atoms with E-state index in [1.807, 2.05) is 30.3 Å². The van der Waals surface area contributed by atoms with E-state index in [-0.39, 0.29) is 17.5 Å². The van der Waals surface area contributed by atoms with Crippen molar-refractivity contribution in [3.8, 4) is 0 Å². The van der Waals surface area contributed by atoms with Crippen molar-refractivity contribution < 1.29 is 14.3 Å². The van der Waals surface area contributed by atoms with Gasteiger partial charge in [-0.05, 0) is 25.5 Å². The number of esters is 1. The van der Waals surface area contributed by atoms with Crippen molar-refractivity contribution in [1.29, 1.82) is 0 Å². The van der Waals surface area contributed by atoms with Crippen LogP contribution in [0, 0.1) is 5.41 Å². The number of ether oxygens (including phenoxy) is 1. The Labute approximate surface area is 143 Å². The molecule has 0 radical (unpaired) electrons. The number of carbonyl (C=O) groups is 2. The van der Waals surface area contributed by atoms with Crippen molar-refractivity contribution >= 4 is 45.4 Å². The van der Waals surface area contributed by atoms with Crippen LogP contribution in [0.3, 0.4) is 0 Å². The lowest BCUT2D eigenvalue weighted by Crippen LogP contribution is -2.33. The van der Waals surface area contributed by atoms with E-state index in [4.69, 9.17) is 4.74 Å². The summed E-state index contributed by atoms with van der Waals surface area (Å²) in [5, 5.41) is -0.0565. The Morgan fingerprint density at radius 3 is 2.57 bits per heavy atom. The summed E-state index contributed by atoms with van der Waals surface area (Å²) >= 11 is 3.34. The Morgan fingerprint density at radius 1 is 1.38 bits per heavy atom. The molecule has 1 aromatic carbocycles. The minimum Gasteiger partial charge on any atom is -0.465 e. The molecule has 0 saturated carbocycles. The molecule has 0 spiro atoms. The van der Waals surface area contributed by atoms with Gasteiger partial charge in [0.05, 0.1) is 12.0 Å². The first-order chi connectivity index (χ1) is 10.1. The highest BCUT2D eigenvalue weighted by atomic mass is 127. The highest BCUT2D eigenvalue weighted by Gasteiger charge is 2.38. The topological polar surface area (TPSA) is 43.4 Å². The van der Waals surface area contributed by atoms with Crippen molar-refractivity contribution in [2.75, 3.05) is 11.0 Å². The minimum atomic E-state index is -0.921. The van der Waals surface area contributed by atoms with E-state index >= 15 is 0 Å². The Morgan fingerprint density at radius 2 is 2.05 bits per heavy atom. The van der Waals surface area contributed by atoms with E-state index in [9.17, 15) is 9.59 Å². The van der Waals surface area contributed by atoms with Crippen LogP contribution in [-0.2, 0) is 14.3 Å². The second kappa shape index (κ2) is 9.25. The maximum absolute atomic E-state index is 12.3. The molecule has 0 heterocycles. The van der Waals surface area contributed by atoms with Gasteiger partial charge in [-0.25, -0.2) is 0 Å². The summed E-state index contributed by atoms with van der Waals surface area (Å²) < 4.78 is 5.88. The van der Waals surface area contributed by atoms with Crippen LogP contribution in [0.5, 0.6) is 0 Å². The minimum absolute atomic E-state index is 0.0565. The summed E-state index contributed by atoms with van der Waals surface area (Å²) in [5.41, 5.74) is -0.921. The molecular formula is C16H19IO3S. The quantitative estimate of drug-likeness (QED) is 0.208. The molecule has 0 aliphatic rings. The van der Waals surface area contributed by atoms with Gasteiger partial charge in [0.1, 0.15) is 0 Å². The van der Waals surface area contributed by atoms with Crippen molar-refractivity contribution in [2.45, 2.75) is 24.7 Å². The molecule has 1 atom stereocenters. The van der Waals surface area contributed by atoms with Crippen LogP contribution in [-0.4, -0.2) is 22.1 Å². The van der Waals surface area contributed by atoms with Gasteiger partial charge in [0.15, 0.2) is 5.12 Å². The van der Waals surface area contributed by atoms with Gasteiger partial charge in [-0.2, -0.15) is 0 Å². The van der Waals surface area contributed by atoms with Crippen molar-refractivity contribution in [2.24, 2.45) is 5.41 Å². The lowest BCUT2D eigenvalue weighted by atomic mass is 9.82. The summed E-state index contributed by atoms with van der Waals surface area (Å²) in [7, 11) is 0. The summed E-state index contributed by atoms with van der Waals surface area (Å²) in [5.74, 6) is -0.362. The summed E-state index contributed by atoms with van der Waals surface area (Å²) in [6.07, 6.45) is 2.22. The predicted molar refractivity (Wildman–Crippen MR) is 94.7 cm³/mol. The third kappa shape index (κ3) is 5.47. The van der Waals surface area contributed by atoms with Gasteiger partial charge in [-0.1, -0.05) is 58.6 Å². The standard InChI is InChI=1S/C16H19IO3S/c1-3-16(10-11-17,15(19)20-4-2)12-14(18)21-13-8-6-5-7-9-13/h3,5-9H,1,4,10-12H2,2H3. The van der Waals surface area contributed by atoms with Crippen molar-refractivity contribution in [3.63, 3.8) is 0 Å². The maximum atomic E-state index is 12.3. The van der Waals surface area contributed by atoms with E-state index in [2.05, 4.69) is 29.2 Å². The highest BCUT2D eigenvalue weighted by Crippen LogP contribution is 2.34. The predicted octanol–water partition coefficient (Wildman–Crippen LogP) is 4.26. The van der Waals surface area contributed by atoms with E-state index in [0.717, 1.165) is 21.1 Å². The summed E-state index contributed by atoms with van der Waals surface area (Å²) in [6, 6.07) is 9.41. The third-order valence-corrected chi connectivity index (χ3v) is 4.47. The molecule has 0 aliphatic carbocycles. The first-order valence-electron chi connectivity index (χ1n) is 6.70. The molecule has 0 saturated heterocycles. The molecule has 1 unspecified atom stereocenters. The normalized spacial score (nSPS) is 13.2. The number of hydrogen-bond donors (Lipinski definition) is 0. The van der Waals surface area contributed by atoms with Crippen LogP contribution in [0.25, 0.3) is 0 Å². The zero-order valence-corrected chi connectivity index (χ0v) is 15.0. The molecule has 0 fully saturated rings. The van der Waals surface area contributed by atoms with E-state index in [1.54, 1.807) is 13.0 Å². The average Bonchev–Trinajstić information content (AvgIpc) is 2.47. The van der Waals surface area contributed by atoms with Gasteiger partial charge in [0, 0.05) is 15.7 Å². The molecule has 0 aliphatic heterocycles. The number of alkyl halides is 1. The molecule has 0 aromatic heterocycles. The Balaban J connectivity index is 2.82. The fourth-order valence-corrected chi connectivity index (χ4v) is 3.73. The van der Waals surface area contributed by atoms with Crippen molar-refractivity contribution in [3.05, 3.63) is 43.0 Å². The van der Waals surface area contributed by atoms with Gasteiger partial charge in [0.2, 0.25) is 0 Å². The number of thioether (sulfide) groups is 1. The zero-order valence-electron chi connectivity index (χ0n) is 12.0. The number of benzene rings is 1. The molecule has 1 aromatic rings. The zero-order chi connectivity index (χ0) is 15.7. The smallest absolute Gasteiger partial charge is 0.316 e. The van der Waals surface area contributed by atoms with E-state index < -0.39 is 5.41 Å². The Hall–Kier alpha value is -0.820. The number of rotatable bonds is 8. The molecule has 0 bridgehead atoms. The number of halogens is 1. The molecule has 114 valence electrons. The summed E-state index contributed by atoms with van der Waals surface area (Å²) in [6.45, 7) is 5.81. The van der Waals surface area contributed by atoms with Gasteiger partial charge in [-0.15, -0.1) is 6.58 Å². The second-order valence-corrected chi connectivity index (χ2v) is 6.69.